The van der Waals surface area contributed by atoms with Crippen molar-refractivity contribution >= 4 is 11.7 Å². The van der Waals surface area contributed by atoms with Gasteiger partial charge in [0.25, 0.3) is 0 Å². The summed E-state index contributed by atoms with van der Waals surface area (Å²) in [7, 11) is 0. The smallest absolute Gasteiger partial charge is 0.348 e. The molecule has 98 valence electrons. The number of hydrogen-bond acceptors (Lipinski definition) is 2. The van der Waals surface area contributed by atoms with Gasteiger partial charge < -0.3 is 5.32 Å². The van der Waals surface area contributed by atoms with Gasteiger partial charge in [-0.25, -0.2) is 0 Å². The van der Waals surface area contributed by atoms with Crippen LogP contribution in [-0.4, -0.2) is 24.4 Å². The summed E-state index contributed by atoms with van der Waals surface area (Å²) in [5.74, 6) is -1.20. The Morgan fingerprint density at radius 3 is 2.41 bits per heavy atom. The fraction of sp³-hybridized carbons (Fsp3) is 0.818. The monoisotopic (exact) mass is 251 g/mol. The van der Waals surface area contributed by atoms with Gasteiger partial charge in [0, 0.05) is 19.4 Å². The first-order valence-electron chi connectivity index (χ1n) is 5.76. The molecule has 1 fully saturated rings. The molecule has 0 unspecified atom stereocenters. The fourth-order valence-corrected chi connectivity index (χ4v) is 1.98. The van der Waals surface area contributed by atoms with Crippen LogP contribution in [0.3, 0.4) is 0 Å². The molecule has 0 spiro atoms. The van der Waals surface area contributed by atoms with Crippen molar-refractivity contribution in [3.05, 3.63) is 0 Å². The van der Waals surface area contributed by atoms with Gasteiger partial charge in [-0.1, -0.05) is 0 Å². The maximum Gasteiger partial charge on any atom is 0.471 e. The highest BCUT2D eigenvalue weighted by molar-refractivity contribution is 5.81. The number of hydrogen-bond donors (Lipinski definition) is 1. The molecule has 0 aromatic heterocycles. The van der Waals surface area contributed by atoms with E-state index in [0.717, 1.165) is 19.3 Å². The second-order valence-corrected chi connectivity index (χ2v) is 4.38. The van der Waals surface area contributed by atoms with E-state index < -0.39 is 12.1 Å². The lowest BCUT2D eigenvalue weighted by atomic mass is 9.85. The molecular formula is C11H16F3NO2. The minimum atomic E-state index is -4.79. The van der Waals surface area contributed by atoms with Gasteiger partial charge in [0.05, 0.1) is 0 Å². The molecule has 0 atom stereocenters. The molecule has 3 nitrogen and oxygen atoms in total. The Morgan fingerprint density at radius 2 is 1.88 bits per heavy atom. The molecule has 17 heavy (non-hydrogen) atoms. The predicted octanol–water partition coefficient (Wildman–Crippen LogP) is 2.20. The lowest BCUT2D eigenvalue weighted by Crippen LogP contribution is -2.37. The van der Waals surface area contributed by atoms with Crippen molar-refractivity contribution in [3.8, 4) is 0 Å². The zero-order valence-electron chi connectivity index (χ0n) is 9.48. The molecular weight excluding hydrogens is 235 g/mol. The normalized spacial score (nSPS) is 18.2. The molecule has 1 aliphatic rings. The molecule has 6 heteroatoms. The van der Waals surface area contributed by atoms with Crippen molar-refractivity contribution in [2.24, 2.45) is 5.92 Å². The van der Waals surface area contributed by atoms with Crippen molar-refractivity contribution in [1.82, 2.24) is 5.32 Å². The lowest BCUT2D eigenvalue weighted by Gasteiger charge is -2.20. The SMILES string of the molecule is O=C1CCC(CCCNC(=O)C(F)(F)F)CC1. The van der Waals surface area contributed by atoms with Crippen molar-refractivity contribution in [2.75, 3.05) is 6.54 Å². The van der Waals surface area contributed by atoms with Gasteiger partial charge in [0.1, 0.15) is 5.78 Å². The van der Waals surface area contributed by atoms with Gasteiger partial charge in [-0.05, 0) is 31.6 Å². The minimum absolute atomic E-state index is 0.0444. The third-order valence-corrected chi connectivity index (χ3v) is 3.00. The zero-order chi connectivity index (χ0) is 12.9. The molecule has 1 aliphatic carbocycles. The molecule has 0 aliphatic heterocycles. The van der Waals surface area contributed by atoms with E-state index in [1.54, 1.807) is 0 Å². The van der Waals surface area contributed by atoms with Crippen LogP contribution in [0.4, 0.5) is 13.2 Å². The van der Waals surface area contributed by atoms with Crippen LogP contribution < -0.4 is 5.32 Å². The molecule has 0 aromatic carbocycles. The van der Waals surface area contributed by atoms with Gasteiger partial charge in [0.2, 0.25) is 0 Å². The summed E-state index contributed by atoms with van der Waals surface area (Å²) < 4.78 is 35.5. The van der Waals surface area contributed by atoms with Crippen LogP contribution in [0.2, 0.25) is 0 Å². The molecule has 1 amide bonds. The predicted molar refractivity (Wildman–Crippen MR) is 55.3 cm³/mol. The van der Waals surface area contributed by atoms with Crippen molar-refractivity contribution in [2.45, 2.75) is 44.7 Å². The van der Waals surface area contributed by atoms with Crippen LogP contribution in [0.25, 0.3) is 0 Å². The second-order valence-electron chi connectivity index (χ2n) is 4.38. The van der Waals surface area contributed by atoms with E-state index in [4.69, 9.17) is 0 Å². The number of amides is 1. The van der Waals surface area contributed by atoms with Gasteiger partial charge in [-0.15, -0.1) is 0 Å². The summed E-state index contributed by atoms with van der Waals surface area (Å²) in [6, 6.07) is 0. The summed E-state index contributed by atoms with van der Waals surface area (Å²) in [5, 5.41) is 1.84. The van der Waals surface area contributed by atoms with Gasteiger partial charge in [0.15, 0.2) is 0 Å². The largest absolute Gasteiger partial charge is 0.471 e. The van der Waals surface area contributed by atoms with Crippen molar-refractivity contribution in [1.29, 1.82) is 0 Å². The van der Waals surface area contributed by atoms with Crippen LogP contribution in [-0.2, 0) is 9.59 Å². The van der Waals surface area contributed by atoms with Gasteiger partial charge in [-0.2, -0.15) is 13.2 Å². The number of nitrogens with one attached hydrogen (secondary N) is 1. The highest BCUT2D eigenvalue weighted by Gasteiger charge is 2.38. The van der Waals surface area contributed by atoms with Crippen molar-refractivity contribution < 1.29 is 22.8 Å². The molecule has 0 heterocycles. The summed E-state index contributed by atoms with van der Waals surface area (Å²) in [6.45, 7) is 0.0444. The fourth-order valence-electron chi connectivity index (χ4n) is 1.98. The third-order valence-electron chi connectivity index (χ3n) is 3.00. The minimum Gasteiger partial charge on any atom is -0.348 e. The zero-order valence-corrected chi connectivity index (χ0v) is 9.48. The number of ketones is 1. The Morgan fingerprint density at radius 1 is 1.29 bits per heavy atom. The van der Waals surface area contributed by atoms with Crippen LogP contribution in [0, 0.1) is 5.92 Å². The van der Waals surface area contributed by atoms with E-state index in [1.165, 1.54) is 0 Å². The van der Waals surface area contributed by atoms with Gasteiger partial charge >= 0.3 is 12.1 Å². The molecule has 0 aromatic rings. The first-order valence-corrected chi connectivity index (χ1v) is 5.76. The van der Waals surface area contributed by atoms with E-state index >= 15 is 0 Å². The Labute approximate surface area is 97.8 Å². The molecule has 0 radical (unpaired) electrons. The van der Waals surface area contributed by atoms with E-state index in [1.807, 2.05) is 5.32 Å². The Balaban J connectivity index is 2.08. The number of alkyl halides is 3. The Bertz CT molecular complexity index is 279. The third kappa shape index (κ3) is 5.19. The number of carbonyl (C=O) groups is 2. The standard InChI is InChI=1S/C11H16F3NO2/c12-11(13,14)10(17)15-7-1-2-8-3-5-9(16)6-4-8/h8H,1-7H2,(H,15,17). The topological polar surface area (TPSA) is 46.2 Å². The van der Waals surface area contributed by atoms with Crippen LogP contribution in [0.5, 0.6) is 0 Å². The quantitative estimate of drug-likeness (QED) is 0.778. The number of rotatable bonds is 4. The van der Waals surface area contributed by atoms with Crippen molar-refractivity contribution in [3.63, 3.8) is 0 Å². The van der Waals surface area contributed by atoms with Crippen LogP contribution >= 0.6 is 0 Å². The maximum absolute atomic E-state index is 11.8. The van der Waals surface area contributed by atoms with Crippen LogP contribution in [0.1, 0.15) is 38.5 Å². The van der Waals surface area contributed by atoms with E-state index in [0.29, 0.717) is 25.2 Å². The van der Waals surface area contributed by atoms with E-state index in [2.05, 4.69) is 0 Å². The Kier molecular flexibility index (Phi) is 4.96. The molecule has 1 saturated carbocycles. The highest BCUT2D eigenvalue weighted by atomic mass is 19.4. The molecule has 1 rings (SSSR count). The first-order chi connectivity index (χ1) is 7.89. The van der Waals surface area contributed by atoms with Gasteiger partial charge in [-0.3, -0.25) is 9.59 Å². The van der Waals surface area contributed by atoms with E-state index in [9.17, 15) is 22.8 Å². The molecule has 0 bridgehead atoms. The van der Waals surface area contributed by atoms with Crippen LogP contribution in [0.15, 0.2) is 0 Å². The first kappa shape index (κ1) is 14.0. The summed E-state index contributed by atoms with van der Waals surface area (Å²) in [4.78, 5) is 21.4. The summed E-state index contributed by atoms with van der Waals surface area (Å²) in [5.41, 5.74) is 0. The number of carbonyl (C=O) groups excluding carboxylic acids is 2. The molecule has 1 N–H and O–H groups in total. The lowest BCUT2D eigenvalue weighted by molar-refractivity contribution is -0.173. The van der Waals surface area contributed by atoms with E-state index in [-0.39, 0.29) is 12.3 Å². The summed E-state index contributed by atoms with van der Waals surface area (Å²) >= 11 is 0. The highest BCUT2D eigenvalue weighted by Crippen LogP contribution is 2.25. The summed E-state index contributed by atoms with van der Waals surface area (Å²) in [6.07, 6.45) is -0.680. The maximum atomic E-state index is 11.8. The molecule has 0 saturated heterocycles. The number of halogens is 3. The second kappa shape index (κ2) is 6.02. The number of Topliss-reactive ketones (excluding diaryl/α,β-unsaturated/α-hetero) is 1. The average Bonchev–Trinajstić information content (AvgIpc) is 2.25. The average molecular weight is 251 g/mol. The Hall–Kier alpha value is -1.07.